The van der Waals surface area contributed by atoms with Crippen molar-refractivity contribution in [2.45, 2.75) is 0 Å². The van der Waals surface area contributed by atoms with E-state index in [4.69, 9.17) is 10.6 Å². The van der Waals surface area contributed by atoms with E-state index in [1.54, 1.807) is 5.43 Å². The van der Waals surface area contributed by atoms with E-state index in [2.05, 4.69) is 4.99 Å². The van der Waals surface area contributed by atoms with Gasteiger partial charge in [0, 0.05) is 17.8 Å². The molecular weight excluding hydrogens is 244 g/mol. The average Bonchev–Trinajstić information content (AvgIpc) is 2.36. The van der Waals surface area contributed by atoms with E-state index in [9.17, 15) is 20.0 Å². The summed E-state index contributed by atoms with van der Waals surface area (Å²) in [6.45, 7) is 0. The standard InChI is InChI=1S/C9H10N4O5/c1-18-7-3-5(4-11-9(15)12-10)2-6(8(7)14)13(16)17/h2-4,14H,10H2,1H3,(H,12,15)/b11-4-. The summed E-state index contributed by atoms with van der Waals surface area (Å²) in [7, 11) is 1.24. The van der Waals surface area contributed by atoms with Gasteiger partial charge in [0.25, 0.3) is 0 Å². The second kappa shape index (κ2) is 5.59. The van der Waals surface area contributed by atoms with Crippen LogP contribution in [0.3, 0.4) is 0 Å². The molecule has 18 heavy (non-hydrogen) atoms. The van der Waals surface area contributed by atoms with Crippen molar-refractivity contribution in [3.05, 3.63) is 27.8 Å². The van der Waals surface area contributed by atoms with Gasteiger partial charge in [0.05, 0.1) is 12.0 Å². The van der Waals surface area contributed by atoms with Crippen LogP contribution in [0, 0.1) is 10.1 Å². The van der Waals surface area contributed by atoms with Crippen LogP contribution in [0.1, 0.15) is 5.56 Å². The summed E-state index contributed by atoms with van der Waals surface area (Å²) < 4.78 is 4.77. The molecule has 0 spiro atoms. The minimum absolute atomic E-state index is 0.0983. The molecule has 0 radical (unpaired) electrons. The second-order valence-corrected chi connectivity index (χ2v) is 3.06. The number of urea groups is 1. The number of phenolic OH excluding ortho intramolecular Hbond substituents is 1. The fourth-order valence-corrected chi connectivity index (χ4v) is 1.15. The summed E-state index contributed by atoms with van der Waals surface area (Å²) in [6.07, 6.45) is 1.05. The Morgan fingerprint density at radius 1 is 1.67 bits per heavy atom. The largest absolute Gasteiger partial charge is 0.500 e. The van der Waals surface area contributed by atoms with Gasteiger partial charge >= 0.3 is 11.7 Å². The summed E-state index contributed by atoms with van der Waals surface area (Å²) >= 11 is 0. The third-order valence-electron chi connectivity index (χ3n) is 1.95. The van der Waals surface area contributed by atoms with Gasteiger partial charge in [0.2, 0.25) is 5.75 Å². The number of carbonyl (C=O) groups is 1. The number of methoxy groups -OCH3 is 1. The van der Waals surface area contributed by atoms with Gasteiger partial charge in [-0.1, -0.05) is 0 Å². The van der Waals surface area contributed by atoms with E-state index in [-0.39, 0.29) is 11.3 Å². The van der Waals surface area contributed by atoms with E-state index >= 15 is 0 Å². The zero-order valence-corrected chi connectivity index (χ0v) is 9.28. The van der Waals surface area contributed by atoms with Gasteiger partial charge in [-0.05, 0) is 6.07 Å². The van der Waals surface area contributed by atoms with Gasteiger partial charge in [-0.3, -0.25) is 15.5 Å². The van der Waals surface area contributed by atoms with Gasteiger partial charge in [0.15, 0.2) is 5.75 Å². The second-order valence-electron chi connectivity index (χ2n) is 3.06. The van der Waals surface area contributed by atoms with Gasteiger partial charge < -0.3 is 9.84 Å². The average molecular weight is 254 g/mol. The number of aliphatic imine (C=N–C) groups is 1. The zero-order valence-electron chi connectivity index (χ0n) is 9.28. The SMILES string of the molecule is COc1cc(/C=N\C(=O)NN)cc([N+](=O)[O-])c1O. The quantitative estimate of drug-likeness (QED) is 0.233. The first-order valence-electron chi connectivity index (χ1n) is 4.59. The Morgan fingerprint density at radius 2 is 2.33 bits per heavy atom. The van der Waals surface area contributed by atoms with Gasteiger partial charge in [0.1, 0.15) is 0 Å². The fourth-order valence-electron chi connectivity index (χ4n) is 1.15. The molecule has 96 valence electrons. The molecule has 0 saturated heterocycles. The maximum Gasteiger partial charge on any atom is 0.355 e. The maximum atomic E-state index is 10.8. The molecule has 9 nitrogen and oxygen atoms in total. The summed E-state index contributed by atoms with van der Waals surface area (Å²) in [5.41, 5.74) is 1.42. The maximum absolute atomic E-state index is 10.8. The number of phenols is 1. The molecule has 0 aliphatic carbocycles. The summed E-state index contributed by atoms with van der Waals surface area (Å²) in [5.74, 6) is 4.12. The number of hydrazine groups is 1. The van der Waals surface area contributed by atoms with Crippen LogP contribution in [0.15, 0.2) is 17.1 Å². The van der Waals surface area contributed by atoms with Crippen molar-refractivity contribution in [2.75, 3.05) is 7.11 Å². The van der Waals surface area contributed by atoms with Crippen molar-refractivity contribution in [3.8, 4) is 11.5 Å². The highest BCUT2D eigenvalue weighted by Gasteiger charge is 2.19. The van der Waals surface area contributed by atoms with Crippen molar-refractivity contribution in [2.24, 2.45) is 10.8 Å². The molecule has 0 bridgehead atoms. The Hall–Kier alpha value is -2.68. The molecule has 0 saturated carbocycles. The van der Waals surface area contributed by atoms with Crippen LogP contribution in [-0.4, -0.2) is 29.4 Å². The number of hydrogen-bond donors (Lipinski definition) is 3. The lowest BCUT2D eigenvalue weighted by Gasteiger charge is -2.04. The number of nitro groups is 1. The number of rotatable bonds is 3. The smallest absolute Gasteiger partial charge is 0.355 e. The third kappa shape index (κ3) is 2.92. The Morgan fingerprint density at radius 3 is 2.83 bits per heavy atom. The molecule has 2 amide bonds. The molecule has 1 rings (SSSR count). The molecule has 0 aliphatic heterocycles. The van der Waals surface area contributed by atoms with Crippen LogP contribution in [0.2, 0.25) is 0 Å². The van der Waals surface area contributed by atoms with Crippen LogP contribution < -0.4 is 16.0 Å². The molecule has 0 aliphatic rings. The lowest BCUT2D eigenvalue weighted by Crippen LogP contribution is -2.26. The highest BCUT2D eigenvalue weighted by atomic mass is 16.6. The number of benzene rings is 1. The highest BCUT2D eigenvalue weighted by molar-refractivity contribution is 5.92. The highest BCUT2D eigenvalue weighted by Crippen LogP contribution is 2.36. The first-order chi connectivity index (χ1) is 8.49. The minimum Gasteiger partial charge on any atom is -0.500 e. The van der Waals surface area contributed by atoms with Crippen LogP contribution in [0.25, 0.3) is 0 Å². The molecule has 1 aromatic rings. The van der Waals surface area contributed by atoms with Crippen molar-refractivity contribution >= 4 is 17.9 Å². The predicted molar refractivity (Wildman–Crippen MR) is 61.6 cm³/mol. The molecule has 4 N–H and O–H groups in total. The Labute approximate surface area is 101 Å². The number of nitrogens with one attached hydrogen (secondary N) is 1. The molecule has 9 heteroatoms. The van der Waals surface area contributed by atoms with Crippen molar-refractivity contribution in [1.29, 1.82) is 0 Å². The normalized spacial score (nSPS) is 10.3. The van der Waals surface area contributed by atoms with E-state index in [1.165, 1.54) is 13.2 Å². The predicted octanol–water partition coefficient (Wildman–Crippen LogP) is 0.311. The van der Waals surface area contributed by atoms with Crippen molar-refractivity contribution in [1.82, 2.24) is 5.43 Å². The molecule has 0 aromatic heterocycles. The summed E-state index contributed by atoms with van der Waals surface area (Å²) in [6, 6.07) is 1.52. The summed E-state index contributed by atoms with van der Waals surface area (Å²) in [5, 5.41) is 20.2. The number of nitrogens with two attached hydrogens (primary N) is 1. The van der Waals surface area contributed by atoms with E-state index in [1.807, 2.05) is 0 Å². The first-order valence-corrected chi connectivity index (χ1v) is 4.59. The van der Waals surface area contributed by atoms with Crippen LogP contribution in [-0.2, 0) is 0 Å². The lowest BCUT2D eigenvalue weighted by molar-refractivity contribution is -0.386. The molecule has 0 unspecified atom stereocenters. The Balaban J connectivity index is 3.22. The third-order valence-corrected chi connectivity index (χ3v) is 1.95. The van der Waals surface area contributed by atoms with Crippen LogP contribution >= 0.6 is 0 Å². The number of nitrogens with zero attached hydrogens (tertiary/aromatic N) is 2. The molecule has 0 atom stereocenters. The van der Waals surface area contributed by atoms with Crippen LogP contribution in [0.4, 0.5) is 10.5 Å². The number of amides is 2. The van der Waals surface area contributed by atoms with Crippen molar-refractivity contribution in [3.63, 3.8) is 0 Å². The number of hydrogen-bond acceptors (Lipinski definition) is 6. The molecule has 0 heterocycles. The number of carbonyl (C=O) groups excluding carboxylic acids is 1. The molecule has 1 aromatic carbocycles. The topological polar surface area (TPSA) is 140 Å². The van der Waals surface area contributed by atoms with Gasteiger partial charge in [-0.2, -0.15) is 0 Å². The van der Waals surface area contributed by atoms with Gasteiger partial charge in [-0.25, -0.2) is 15.6 Å². The van der Waals surface area contributed by atoms with E-state index in [0.29, 0.717) is 0 Å². The van der Waals surface area contributed by atoms with Gasteiger partial charge in [-0.15, -0.1) is 0 Å². The summed E-state index contributed by atoms with van der Waals surface area (Å²) in [4.78, 5) is 24.0. The number of nitro benzene ring substituents is 1. The zero-order chi connectivity index (χ0) is 13.7. The molecule has 0 fully saturated rings. The monoisotopic (exact) mass is 254 g/mol. The molecular formula is C9H10N4O5. The van der Waals surface area contributed by atoms with E-state index in [0.717, 1.165) is 12.3 Å². The van der Waals surface area contributed by atoms with Crippen molar-refractivity contribution < 1.29 is 19.6 Å². The lowest BCUT2D eigenvalue weighted by atomic mass is 10.2. The number of aromatic hydroxyl groups is 1. The first kappa shape index (κ1) is 13.4. The Bertz CT molecular complexity index is 514. The minimum atomic E-state index is -0.815. The fraction of sp³-hybridized carbons (Fsp3) is 0.111. The number of ether oxygens (including phenoxy) is 1. The van der Waals surface area contributed by atoms with E-state index < -0.39 is 22.4 Å². The van der Waals surface area contributed by atoms with Crippen LogP contribution in [0.5, 0.6) is 11.5 Å². The Kier molecular flexibility index (Phi) is 4.16.